The van der Waals surface area contributed by atoms with Gasteiger partial charge in [-0.3, -0.25) is 14.4 Å². The molecule has 1 aliphatic carbocycles. The molecule has 7 nitrogen and oxygen atoms in total. The van der Waals surface area contributed by atoms with E-state index in [4.69, 9.17) is 0 Å². The van der Waals surface area contributed by atoms with Gasteiger partial charge in [-0.2, -0.15) is 5.10 Å². The Morgan fingerprint density at radius 2 is 1.79 bits per heavy atom. The van der Waals surface area contributed by atoms with Gasteiger partial charge in [-0.1, -0.05) is 25.1 Å². The van der Waals surface area contributed by atoms with Crippen molar-refractivity contribution in [2.24, 2.45) is 5.92 Å². The van der Waals surface area contributed by atoms with Crippen LogP contribution in [0.25, 0.3) is 10.8 Å². The van der Waals surface area contributed by atoms with Crippen molar-refractivity contribution in [3.63, 3.8) is 0 Å². The van der Waals surface area contributed by atoms with E-state index in [9.17, 15) is 14.4 Å². The number of aromatic nitrogens is 2. The summed E-state index contributed by atoms with van der Waals surface area (Å²) in [5, 5.41) is 8.52. The molecule has 0 atom stereocenters. The summed E-state index contributed by atoms with van der Waals surface area (Å²) in [5.41, 5.74) is 0.126. The maximum Gasteiger partial charge on any atom is 0.274 e. The topological polar surface area (TPSA) is 84.3 Å². The number of fused-ring (bicyclic) bond motifs is 1. The molecule has 0 bridgehead atoms. The molecule has 148 valence electrons. The van der Waals surface area contributed by atoms with E-state index in [0.29, 0.717) is 36.1 Å². The third kappa shape index (κ3) is 3.66. The molecule has 1 saturated carbocycles. The van der Waals surface area contributed by atoms with Gasteiger partial charge in [0.15, 0.2) is 5.69 Å². The number of rotatable bonds is 5. The monoisotopic (exact) mass is 382 g/mol. The Labute approximate surface area is 163 Å². The number of nitrogens with one attached hydrogen (secondary N) is 1. The molecule has 2 heterocycles. The van der Waals surface area contributed by atoms with Crippen LogP contribution in [0.4, 0.5) is 0 Å². The van der Waals surface area contributed by atoms with Crippen molar-refractivity contribution >= 4 is 22.6 Å². The highest BCUT2D eigenvalue weighted by molar-refractivity contribution is 6.04. The average molecular weight is 382 g/mol. The molecule has 1 aromatic carbocycles. The highest BCUT2D eigenvalue weighted by Gasteiger charge is 2.35. The van der Waals surface area contributed by atoms with Crippen molar-refractivity contribution in [3.8, 4) is 0 Å². The molecule has 1 aliphatic heterocycles. The van der Waals surface area contributed by atoms with Crippen LogP contribution in [-0.4, -0.2) is 45.6 Å². The highest BCUT2D eigenvalue weighted by atomic mass is 16.2. The number of hydrogen-bond donors (Lipinski definition) is 1. The van der Waals surface area contributed by atoms with Crippen molar-refractivity contribution in [2.45, 2.75) is 51.6 Å². The first kappa shape index (κ1) is 18.7. The van der Waals surface area contributed by atoms with Crippen LogP contribution in [0.1, 0.15) is 49.5 Å². The van der Waals surface area contributed by atoms with Gasteiger partial charge in [-0.15, -0.1) is 0 Å². The summed E-state index contributed by atoms with van der Waals surface area (Å²) < 4.78 is 1.38. The molecular weight excluding hydrogens is 356 g/mol. The van der Waals surface area contributed by atoms with Crippen molar-refractivity contribution in [3.05, 3.63) is 40.3 Å². The summed E-state index contributed by atoms with van der Waals surface area (Å²) in [5.74, 6) is 0.249. The molecule has 1 saturated heterocycles. The van der Waals surface area contributed by atoms with Crippen LogP contribution < -0.4 is 10.9 Å². The number of likely N-dealkylation sites (tertiary alicyclic amines) is 1. The molecule has 1 N–H and O–H groups in total. The first-order valence-electron chi connectivity index (χ1n) is 10.2. The van der Waals surface area contributed by atoms with Gasteiger partial charge in [0.2, 0.25) is 5.91 Å². The maximum absolute atomic E-state index is 13.0. The zero-order valence-electron chi connectivity index (χ0n) is 16.2. The summed E-state index contributed by atoms with van der Waals surface area (Å²) in [7, 11) is 0. The molecule has 4 rings (SSSR count). The van der Waals surface area contributed by atoms with Gasteiger partial charge in [0.25, 0.3) is 11.5 Å². The first-order valence-corrected chi connectivity index (χ1v) is 10.2. The Kier molecular flexibility index (Phi) is 5.15. The predicted octanol–water partition coefficient (Wildman–Crippen LogP) is 1.94. The van der Waals surface area contributed by atoms with Crippen LogP contribution in [0.15, 0.2) is 29.1 Å². The fraction of sp³-hybridized carbons (Fsp3) is 0.524. The Bertz CT molecular complexity index is 956. The SMILES string of the molecule is CCCn1nc(C(=O)NC2CCN(C(=O)C3CC3)CC2)c2ccccc2c1=O. The van der Waals surface area contributed by atoms with Gasteiger partial charge in [-0.25, -0.2) is 4.68 Å². The molecule has 1 aromatic heterocycles. The number of aryl methyl sites for hydroxylation is 1. The number of benzene rings is 1. The van der Waals surface area contributed by atoms with E-state index in [1.54, 1.807) is 18.2 Å². The summed E-state index contributed by atoms with van der Waals surface area (Å²) in [6, 6.07) is 7.14. The zero-order chi connectivity index (χ0) is 19.7. The van der Waals surface area contributed by atoms with Gasteiger partial charge in [0.05, 0.1) is 5.39 Å². The molecule has 0 spiro atoms. The average Bonchev–Trinajstić information content (AvgIpc) is 3.55. The molecule has 0 radical (unpaired) electrons. The van der Waals surface area contributed by atoms with E-state index in [2.05, 4.69) is 10.4 Å². The lowest BCUT2D eigenvalue weighted by Crippen LogP contribution is -2.47. The summed E-state index contributed by atoms with van der Waals surface area (Å²) in [6.45, 7) is 3.82. The van der Waals surface area contributed by atoms with E-state index in [1.807, 2.05) is 17.9 Å². The standard InChI is InChI=1S/C21H26N4O3/c1-2-11-25-21(28)17-6-4-3-5-16(17)18(23-25)19(26)22-15-9-12-24(13-10-15)20(27)14-7-8-14/h3-6,14-15H,2,7-13H2,1H3,(H,22,26). The van der Waals surface area contributed by atoms with Crippen molar-refractivity contribution in [1.82, 2.24) is 20.0 Å². The molecular formula is C21H26N4O3. The van der Waals surface area contributed by atoms with Gasteiger partial charge in [0.1, 0.15) is 0 Å². The lowest BCUT2D eigenvalue weighted by Gasteiger charge is -2.32. The Morgan fingerprint density at radius 1 is 1.11 bits per heavy atom. The quantitative estimate of drug-likeness (QED) is 0.856. The van der Waals surface area contributed by atoms with Crippen LogP contribution in [0.5, 0.6) is 0 Å². The Hall–Kier alpha value is -2.70. The highest BCUT2D eigenvalue weighted by Crippen LogP contribution is 2.31. The second-order valence-electron chi connectivity index (χ2n) is 7.77. The molecule has 28 heavy (non-hydrogen) atoms. The Morgan fingerprint density at radius 3 is 2.43 bits per heavy atom. The molecule has 2 aliphatic rings. The fourth-order valence-electron chi connectivity index (χ4n) is 3.85. The van der Waals surface area contributed by atoms with Crippen molar-refractivity contribution in [1.29, 1.82) is 0 Å². The number of amides is 2. The van der Waals surface area contributed by atoms with E-state index in [1.165, 1.54) is 4.68 Å². The normalized spacial score (nSPS) is 17.7. The summed E-state index contributed by atoms with van der Waals surface area (Å²) in [4.78, 5) is 39.6. The maximum atomic E-state index is 13.0. The van der Waals surface area contributed by atoms with Crippen LogP contribution in [0.2, 0.25) is 0 Å². The third-order valence-electron chi connectivity index (χ3n) is 5.59. The lowest BCUT2D eigenvalue weighted by atomic mass is 10.0. The lowest BCUT2D eigenvalue weighted by molar-refractivity contribution is -0.133. The van der Waals surface area contributed by atoms with Crippen molar-refractivity contribution in [2.75, 3.05) is 13.1 Å². The van der Waals surface area contributed by atoms with Gasteiger partial charge >= 0.3 is 0 Å². The number of carbonyl (C=O) groups excluding carboxylic acids is 2. The summed E-state index contributed by atoms with van der Waals surface area (Å²) in [6.07, 6.45) is 4.29. The number of carbonyl (C=O) groups is 2. The summed E-state index contributed by atoms with van der Waals surface area (Å²) >= 11 is 0. The fourth-order valence-corrected chi connectivity index (χ4v) is 3.85. The third-order valence-corrected chi connectivity index (χ3v) is 5.59. The number of nitrogens with zero attached hydrogens (tertiary/aromatic N) is 3. The zero-order valence-corrected chi connectivity index (χ0v) is 16.2. The molecule has 2 amide bonds. The van der Waals surface area contributed by atoms with Crippen LogP contribution in [-0.2, 0) is 11.3 Å². The van der Waals surface area contributed by atoms with E-state index >= 15 is 0 Å². The number of hydrogen-bond acceptors (Lipinski definition) is 4. The van der Waals surface area contributed by atoms with Gasteiger partial charge in [-0.05, 0) is 38.2 Å². The minimum Gasteiger partial charge on any atom is -0.348 e. The van der Waals surface area contributed by atoms with Crippen molar-refractivity contribution < 1.29 is 9.59 Å². The first-order chi connectivity index (χ1) is 13.6. The van der Waals surface area contributed by atoms with Gasteiger partial charge in [0, 0.05) is 37.0 Å². The molecule has 2 aromatic rings. The Balaban J connectivity index is 1.50. The second-order valence-corrected chi connectivity index (χ2v) is 7.77. The minimum absolute atomic E-state index is 0.0165. The molecule has 2 fully saturated rings. The van der Waals surface area contributed by atoms with E-state index < -0.39 is 0 Å². The van der Waals surface area contributed by atoms with Gasteiger partial charge < -0.3 is 10.2 Å². The second kappa shape index (κ2) is 7.73. The largest absolute Gasteiger partial charge is 0.348 e. The minimum atomic E-state index is -0.256. The van der Waals surface area contributed by atoms with Crippen LogP contribution in [0, 0.1) is 5.92 Å². The molecule has 0 unspecified atom stereocenters. The smallest absolute Gasteiger partial charge is 0.274 e. The van der Waals surface area contributed by atoms with Crippen LogP contribution in [0.3, 0.4) is 0 Å². The van der Waals surface area contributed by atoms with E-state index in [0.717, 1.165) is 32.1 Å². The van der Waals surface area contributed by atoms with E-state index in [-0.39, 0.29) is 29.3 Å². The number of piperidine rings is 1. The molecule has 7 heteroatoms. The predicted molar refractivity (Wildman–Crippen MR) is 106 cm³/mol. The van der Waals surface area contributed by atoms with Crippen LogP contribution >= 0.6 is 0 Å².